The Morgan fingerprint density at radius 1 is 0.702 bits per heavy atom. The Hall–Kier alpha value is -5.53. The van der Waals surface area contributed by atoms with Gasteiger partial charge in [0.15, 0.2) is 0 Å². The van der Waals surface area contributed by atoms with Crippen molar-refractivity contribution in [3.63, 3.8) is 0 Å². The summed E-state index contributed by atoms with van der Waals surface area (Å²) in [6.07, 6.45) is 6.54. The fraction of sp³-hybridized carbons (Fsp3) is 0.432. The quantitative estimate of drug-likeness (QED) is 0.0915. The molecule has 4 unspecified atom stereocenters. The van der Waals surface area contributed by atoms with E-state index in [-0.39, 0.29) is 41.8 Å². The van der Waals surface area contributed by atoms with Crippen molar-refractivity contribution < 1.29 is 23.9 Å². The van der Waals surface area contributed by atoms with Crippen LogP contribution in [0, 0.1) is 11.8 Å². The summed E-state index contributed by atoms with van der Waals surface area (Å²) in [6, 6.07) is 20.0. The lowest BCUT2D eigenvalue weighted by atomic mass is 9.98. The molecule has 2 fully saturated rings. The Bertz CT molecular complexity index is 2190. The monoisotopic (exact) mass is 774 g/mol. The fourth-order valence-corrected chi connectivity index (χ4v) is 8.21. The third kappa shape index (κ3) is 8.45. The van der Waals surface area contributed by atoms with Gasteiger partial charge >= 0.3 is 6.09 Å². The molecule has 0 saturated carbocycles. The molecule has 2 aliphatic heterocycles. The van der Waals surface area contributed by atoms with Gasteiger partial charge in [0.1, 0.15) is 17.7 Å². The molecule has 7 rings (SSSR count). The Morgan fingerprint density at radius 2 is 1.19 bits per heavy atom. The van der Waals surface area contributed by atoms with Crippen LogP contribution in [-0.4, -0.2) is 93.8 Å². The van der Waals surface area contributed by atoms with Crippen LogP contribution in [-0.2, 0) is 19.1 Å². The zero-order valence-electron chi connectivity index (χ0n) is 33.7. The smallest absolute Gasteiger partial charge is 0.407 e. The van der Waals surface area contributed by atoms with E-state index in [1.807, 2.05) is 49.9 Å². The van der Waals surface area contributed by atoms with E-state index in [0.717, 1.165) is 81.7 Å². The molecule has 13 heteroatoms. The average molecular weight is 775 g/mol. The summed E-state index contributed by atoms with van der Waals surface area (Å²) in [7, 11) is 2.92. The zero-order chi connectivity index (χ0) is 40.2. The number of benzene rings is 3. The van der Waals surface area contributed by atoms with Gasteiger partial charge in [0.05, 0.1) is 55.7 Å². The Balaban J connectivity index is 1.02. The molecule has 3 aromatic carbocycles. The number of likely N-dealkylation sites (tertiary alicyclic amines) is 2. The highest BCUT2D eigenvalue weighted by Gasteiger charge is 2.38. The van der Waals surface area contributed by atoms with E-state index in [1.165, 1.54) is 7.11 Å². The molecule has 2 saturated heterocycles. The molecule has 5 aromatic rings. The molecule has 0 bridgehead atoms. The van der Waals surface area contributed by atoms with E-state index >= 15 is 0 Å². The van der Waals surface area contributed by atoms with Gasteiger partial charge in [-0.2, -0.15) is 0 Å². The van der Waals surface area contributed by atoms with Crippen LogP contribution in [0.2, 0.25) is 0 Å². The molecule has 2 aromatic heterocycles. The second-order valence-corrected chi connectivity index (χ2v) is 15.8. The number of H-pyrrole nitrogens is 2. The van der Waals surface area contributed by atoms with Crippen LogP contribution in [0.1, 0.15) is 77.1 Å². The van der Waals surface area contributed by atoms with Crippen LogP contribution in [0.3, 0.4) is 0 Å². The highest BCUT2D eigenvalue weighted by molar-refractivity contribution is 5.91. The summed E-state index contributed by atoms with van der Waals surface area (Å²) >= 11 is 0. The van der Waals surface area contributed by atoms with Crippen molar-refractivity contribution >= 4 is 28.7 Å². The van der Waals surface area contributed by atoms with Gasteiger partial charge in [-0.05, 0) is 77.1 Å². The number of aromatic nitrogens is 4. The van der Waals surface area contributed by atoms with E-state index in [4.69, 9.17) is 19.4 Å². The number of rotatable bonds is 13. The maximum absolute atomic E-state index is 13.6. The van der Waals surface area contributed by atoms with Crippen LogP contribution in [0.25, 0.3) is 44.4 Å². The summed E-state index contributed by atoms with van der Waals surface area (Å²) in [6.45, 7) is 9.56. The predicted molar refractivity (Wildman–Crippen MR) is 220 cm³/mol. The molecule has 4 N–H and O–H groups in total. The lowest BCUT2D eigenvalue weighted by Gasteiger charge is -2.30. The van der Waals surface area contributed by atoms with Gasteiger partial charge < -0.3 is 34.6 Å². The minimum atomic E-state index is -0.679. The van der Waals surface area contributed by atoms with Gasteiger partial charge in [-0.3, -0.25) is 14.9 Å². The van der Waals surface area contributed by atoms with Gasteiger partial charge in [0.2, 0.25) is 11.8 Å². The highest BCUT2D eigenvalue weighted by atomic mass is 16.5. The van der Waals surface area contributed by atoms with Gasteiger partial charge in [0, 0.05) is 25.8 Å². The van der Waals surface area contributed by atoms with E-state index in [2.05, 4.69) is 81.3 Å². The summed E-state index contributed by atoms with van der Waals surface area (Å²) in [5, 5.41) is 8.20. The van der Waals surface area contributed by atoms with E-state index < -0.39 is 12.1 Å². The Kier molecular flexibility index (Phi) is 12.1. The van der Waals surface area contributed by atoms with Crippen molar-refractivity contribution in [2.75, 3.05) is 34.0 Å². The molecular weight excluding hydrogens is 721 g/mol. The van der Waals surface area contributed by atoms with Gasteiger partial charge in [0.25, 0.3) is 0 Å². The SMILES string of the molecule is COCNC(C(=O)N1CCCC1c1ncc(-c2ccc3cc(-c4ccc(-c5cnc(C6CCCN6C(=O)C(NC(=O)OC)C(C)C)[nH]5)cc4)ccc3c2)[nH]1)C(C)C. The first kappa shape index (κ1) is 39.7. The third-order valence-electron chi connectivity index (χ3n) is 11.3. The minimum Gasteiger partial charge on any atom is -0.453 e. The summed E-state index contributed by atoms with van der Waals surface area (Å²) in [5.74, 6) is 1.55. The molecule has 57 heavy (non-hydrogen) atoms. The van der Waals surface area contributed by atoms with Gasteiger partial charge in [-0.15, -0.1) is 0 Å². The fourth-order valence-electron chi connectivity index (χ4n) is 8.21. The average Bonchev–Trinajstić information content (AvgIpc) is 4.06. The van der Waals surface area contributed by atoms with E-state index in [9.17, 15) is 14.4 Å². The van der Waals surface area contributed by atoms with Crippen LogP contribution >= 0.6 is 0 Å². The number of ether oxygens (including phenoxy) is 2. The highest BCUT2D eigenvalue weighted by Crippen LogP contribution is 2.35. The number of amides is 3. The number of nitrogens with one attached hydrogen (secondary N) is 4. The lowest BCUT2D eigenvalue weighted by Crippen LogP contribution is -2.51. The number of aromatic amines is 2. The molecule has 13 nitrogen and oxygen atoms in total. The molecule has 0 radical (unpaired) electrons. The maximum Gasteiger partial charge on any atom is 0.407 e. The van der Waals surface area contributed by atoms with E-state index in [1.54, 1.807) is 7.11 Å². The van der Waals surface area contributed by atoms with Crippen molar-refractivity contribution in [2.45, 2.75) is 77.5 Å². The lowest BCUT2D eigenvalue weighted by molar-refractivity contribution is -0.136. The first-order valence-electron chi connectivity index (χ1n) is 20.0. The first-order valence-corrected chi connectivity index (χ1v) is 20.0. The van der Waals surface area contributed by atoms with Gasteiger partial charge in [-0.1, -0.05) is 76.2 Å². The number of fused-ring (bicyclic) bond motifs is 1. The van der Waals surface area contributed by atoms with Crippen molar-refractivity contribution in [2.24, 2.45) is 11.8 Å². The number of nitrogens with zero attached hydrogens (tertiary/aromatic N) is 4. The molecule has 4 atom stereocenters. The van der Waals surface area contributed by atoms with Crippen molar-refractivity contribution in [1.29, 1.82) is 0 Å². The second-order valence-electron chi connectivity index (χ2n) is 15.8. The summed E-state index contributed by atoms with van der Waals surface area (Å²) in [4.78, 5) is 59.3. The topological polar surface area (TPSA) is 158 Å². The molecule has 3 amide bonds. The maximum atomic E-state index is 13.6. The molecule has 0 aliphatic carbocycles. The summed E-state index contributed by atoms with van der Waals surface area (Å²) < 4.78 is 9.96. The molecule has 0 spiro atoms. The number of carbonyl (C=O) groups excluding carboxylic acids is 3. The van der Waals surface area contributed by atoms with Crippen LogP contribution < -0.4 is 10.6 Å². The molecule has 2 aliphatic rings. The zero-order valence-corrected chi connectivity index (χ0v) is 33.7. The van der Waals surface area contributed by atoms with Crippen LogP contribution in [0.4, 0.5) is 4.79 Å². The van der Waals surface area contributed by atoms with Crippen LogP contribution in [0.5, 0.6) is 0 Å². The van der Waals surface area contributed by atoms with Crippen molar-refractivity contribution in [3.8, 4) is 33.6 Å². The minimum absolute atomic E-state index is 0.0861. The number of alkyl carbamates (subject to hydrolysis) is 1. The van der Waals surface area contributed by atoms with Crippen molar-refractivity contribution in [1.82, 2.24) is 40.4 Å². The normalized spacial score (nSPS) is 18.1. The van der Waals surface area contributed by atoms with E-state index in [0.29, 0.717) is 19.8 Å². The summed E-state index contributed by atoms with van der Waals surface area (Å²) in [5.41, 5.74) is 6.05. The molecule has 4 heterocycles. The number of imidazole rings is 2. The first-order chi connectivity index (χ1) is 27.6. The Labute approximate surface area is 333 Å². The predicted octanol–water partition coefficient (Wildman–Crippen LogP) is 7.21. The Morgan fingerprint density at radius 3 is 1.74 bits per heavy atom. The number of methoxy groups -OCH3 is 2. The largest absolute Gasteiger partial charge is 0.453 e. The van der Waals surface area contributed by atoms with Crippen LogP contribution in [0.15, 0.2) is 73.1 Å². The molecular formula is C44H54N8O5. The molecule has 300 valence electrons. The third-order valence-corrected chi connectivity index (χ3v) is 11.3. The number of hydrogen-bond acceptors (Lipinski definition) is 8. The standard InChI is InChI=1S/C44H54N8O5/c1-26(2)38(47-25-56-5)42(53)51-19-7-9-36(51)41-46-24-35(49-41)33-18-17-31-21-30(15-16-32(31)22-33)28-11-13-29(14-12-28)34-23-45-40(48-34)37-10-8-20-52(37)43(54)39(27(3)4)50-44(55)57-6/h11-18,21-24,26-27,36-39,47H,7-10,19-20,25H2,1-6H3,(H,45,48)(H,46,49)(H,50,55). The van der Waals surface area contributed by atoms with Gasteiger partial charge in [-0.25, -0.2) is 14.8 Å². The van der Waals surface area contributed by atoms with Crippen molar-refractivity contribution in [3.05, 3.63) is 84.7 Å². The number of carbonyl (C=O) groups is 3. The second kappa shape index (κ2) is 17.3. The number of hydrogen-bond donors (Lipinski definition) is 4.